The Morgan fingerprint density at radius 2 is 1.48 bits per heavy atom. The number of hydrogen-bond donors (Lipinski definition) is 10. The van der Waals surface area contributed by atoms with E-state index in [2.05, 4.69) is 42.6 Å². The summed E-state index contributed by atoms with van der Waals surface area (Å²) < 4.78 is 69.6. The lowest BCUT2D eigenvalue weighted by Gasteiger charge is -2.21. The molecule has 6 heterocycles. The minimum absolute atomic E-state index is 0.0329. The van der Waals surface area contributed by atoms with Crippen molar-refractivity contribution < 1.29 is 80.5 Å². The van der Waals surface area contributed by atoms with E-state index in [0.717, 1.165) is 10.9 Å². The highest BCUT2D eigenvalue weighted by Gasteiger charge is 2.50. The number of nitrogens with zero attached hydrogens (tertiary/aromatic N) is 7. The van der Waals surface area contributed by atoms with Gasteiger partial charge in [-0.15, -0.1) is 0 Å². The number of imidazole rings is 2. The summed E-state index contributed by atoms with van der Waals surface area (Å²) in [6.45, 7) is -2.16. The second-order valence-corrected chi connectivity index (χ2v) is 16.8. The lowest BCUT2D eigenvalue weighted by atomic mass is 10.1. The molecule has 4 aromatic heterocycles. The van der Waals surface area contributed by atoms with Gasteiger partial charge in [0.05, 0.1) is 26.6 Å². The number of hydrogen-bond acceptors (Lipinski definition) is 20. The van der Waals surface area contributed by atoms with Crippen molar-refractivity contribution in [3.8, 4) is 0 Å². The van der Waals surface area contributed by atoms with Crippen LogP contribution in [0.5, 0.6) is 0 Å². The third kappa shape index (κ3) is 7.92. The predicted molar refractivity (Wildman–Crippen MR) is 174 cm³/mol. The van der Waals surface area contributed by atoms with Crippen LogP contribution in [0.2, 0.25) is 0 Å². The lowest BCUT2D eigenvalue weighted by Crippen LogP contribution is -2.46. The summed E-state index contributed by atoms with van der Waals surface area (Å²) in [5, 5.41) is 42.3. The molecule has 11 atom stereocenters. The van der Waals surface area contributed by atoms with E-state index in [1.165, 1.54) is 27.4 Å². The standard InChI is InChI=1S/C23H33N10O18P3/c1-30(2)23-27-17-11(19(39)29-23)31(3)7-33(17)21-15(37)13(35)9(49-21)5-47-53(42,43)51-54(44,45)50-52(40,41)46-4-8-12(34)14(36)20(48-8)32-6-25-10-16(32)26-22(24)28-18(10)38/h6-9,12-15,20-21,34-37H,4-5H2,1-3H3,(H6-,24,26,27,28,29,38,39,40,41,42,43,44,45)/p+1/t8-,9-,12-,13-,14-,15-,20-,21-/m1/s1. The summed E-state index contributed by atoms with van der Waals surface area (Å²) in [7, 11) is -12.7. The highest BCUT2D eigenvalue weighted by molar-refractivity contribution is 7.66. The fraction of sp³-hybridized carbons (Fsp3) is 0.565. The van der Waals surface area contributed by atoms with Gasteiger partial charge in [-0.3, -0.25) is 37.7 Å². The van der Waals surface area contributed by atoms with E-state index in [0.29, 0.717) is 0 Å². The van der Waals surface area contributed by atoms with Gasteiger partial charge in [-0.05, 0) is 0 Å². The molecule has 3 unspecified atom stereocenters. The number of aromatic nitrogens is 8. The third-order valence-electron chi connectivity index (χ3n) is 8.07. The van der Waals surface area contributed by atoms with Crippen LogP contribution in [0.25, 0.3) is 22.3 Å². The van der Waals surface area contributed by atoms with Crippen molar-refractivity contribution >= 4 is 57.7 Å². The molecule has 4 aromatic rings. The van der Waals surface area contributed by atoms with E-state index >= 15 is 0 Å². The monoisotopic (exact) mass is 831 g/mol. The second kappa shape index (κ2) is 14.5. The highest BCUT2D eigenvalue weighted by atomic mass is 31.3. The van der Waals surface area contributed by atoms with Gasteiger partial charge < -0.3 is 55.2 Å². The average Bonchev–Trinajstić information content (AvgIpc) is 3.78. The molecule has 54 heavy (non-hydrogen) atoms. The molecule has 2 fully saturated rings. The van der Waals surface area contributed by atoms with Crippen LogP contribution < -0.4 is 26.3 Å². The van der Waals surface area contributed by atoms with Crippen molar-refractivity contribution in [1.29, 1.82) is 0 Å². The van der Waals surface area contributed by atoms with Gasteiger partial charge in [-0.2, -0.15) is 13.6 Å². The smallest absolute Gasteiger partial charge is 0.387 e. The quantitative estimate of drug-likeness (QED) is 0.0452. The number of ether oxygens (including phenoxy) is 2. The summed E-state index contributed by atoms with van der Waals surface area (Å²) in [5.41, 5.74) is 4.05. The number of anilines is 2. The van der Waals surface area contributed by atoms with Crippen molar-refractivity contribution in [3.63, 3.8) is 0 Å². The number of fused-ring (bicyclic) bond motifs is 2. The molecule has 0 saturated carbocycles. The Labute approximate surface area is 299 Å². The van der Waals surface area contributed by atoms with Crippen molar-refractivity contribution in [2.45, 2.75) is 49.1 Å². The molecule has 0 aromatic carbocycles. The van der Waals surface area contributed by atoms with E-state index in [1.807, 2.05) is 0 Å². The van der Waals surface area contributed by atoms with E-state index in [4.69, 9.17) is 15.2 Å². The number of rotatable bonds is 13. The average molecular weight is 831 g/mol. The highest BCUT2D eigenvalue weighted by Crippen LogP contribution is 2.67. The molecular weight excluding hydrogens is 797 g/mol. The number of nitrogens with two attached hydrogens (primary N) is 1. The Kier molecular flexibility index (Phi) is 10.8. The summed E-state index contributed by atoms with van der Waals surface area (Å²) in [6, 6.07) is 0. The van der Waals surface area contributed by atoms with Crippen molar-refractivity contribution in [2.24, 2.45) is 7.05 Å². The summed E-state index contributed by atoms with van der Waals surface area (Å²) in [6.07, 6.45) is -10.9. The molecule has 0 bridgehead atoms. The van der Waals surface area contributed by atoms with Crippen LogP contribution in [0.15, 0.2) is 22.2 Å². The number of nitrogen functional groups attached to an aromatic ring is 1. The molecule has 28 nitrogen and oxygen atoms in total. The van der Waals surface area contributed by atoms with Crippen LogP contribution in [-0.4, -0.2) is 133 Å². The maximum absolute atomic E-state index is 12.7. The van der Waals surface area contributed by atoms with Crippen LogP contribution >= 0.6 is 23.5 Å². The number of phosphoric acid groups is 3. The normalized spacial score (nSPS) is 29.4. The zero-order valence-corrected chi connectivity index (χ0v) is 30.5. The van der Waals surface area contributed by atoms with Crippen LogP contribution in [-0.2, 0) is 47.9 Å². The number of aliphatic hydroxyl groups excluding tert-OH is 4. The van der Waals surface area contributed by atoms with E-state index in [1.54, 1.807) is 14.1 Å². The van der Waals surface area contributed by atoms with Gasteiger partial charge in [0.15, 0.2) is 23.7 Å². The maximum atomic E-state index is 12.7. The molecule has 31 heteroatoms. The Bertz CT molecular complexity index is 2330. The predicted octanol–water partition coefficient (Wildman–Crippen LogP) is -4.06. The van der Waals surface area contributed by atoms with Crippen molar-refractivity contribution in [2.75, 3.05) is 37.9 Å². The minimum Gasteiger partial charge on any atom is -0.387 e. The Morgan fingerprint density at radius 1 is 0.889 bits per heavy atom. The van der Waals surface area contributed by atoms with Crippen LogP contribution in [0.3, 0.4) is 0 Å². The van der Waals surface area contributed by atoms with Gasteiger partial charge in [-0.1, -0.05) is 4.98 Å². The van der Waals surface area contributed by atoms with Crippen LogP contribution in [0, 0.1) is 0 Å². The molecule has 2 aliphatic rings. The Hall–Kier alpha value is -3.53. The fourth-order valence-electron chi connectivity index (χ4n) is 5.62. The summed E-state index contributed by atoms with van der Waals surface area (Å²) in [5.74, 6) is -0.161. The SMILES string of the molecule is CN(C)c1nc2c(c(=O)[nH]1)n(C)c[n+]2[C@@H]1O[C@H](COP(=O)(O)OP(=O)(O)OP(=O)(O)OC[C@H]2O[C@@H](n3cnc4c(=O)[nH]c(N)nc43)[C@H](O)[C@@H]2O)[C@@H](O)[C@H]1O. The van der Waals surface area contributed by atoms with E-state index < -0.39 is 96.9 Å². The van der Waals surface area contributed by atoms with Gasteiger partial charge in [0.2, 0.25) is 17.7 Å². The third-order valence-corrected chi connectivity index (χ3v) is 12.3. The largest absolute Gasteiger partial charge is 0.490 e. The van der Waals surface area contributed by atoms with Crippen LogP contribution in [0.4, 0.5) is 11.9 Å². The zero-order valence-electron chi connectivity index (χ0n) is 27.9. The second-order valence-electron chi connectivity index (χ2n) is 12.1. The first-order valence-electron chi connectivity index (χ1n) is 15.2. The number of phosphoric ester groups is 2. The number of aromatic amines is 2. The molecule has 2 saturated heterocycles. The van der Waals surface area contributed by atoms with Gasteiger partial charge in [0.1, 0.15) is 36.6 Å². The number of H-pyrrole nitrogens is 2. The fourth-order valence-corrected chi connectivity index (χ4v) is 9.14. The summed E-state index contributed by atoms with van der Waals surface area (Å²) >= 11 is 0. The lowest BCUT2D eigenvalue weighted by molar-refractivity contribution is -0.745. The molecule has 0 spiro atoms. The van der Waals surface area contributed by atoms with E-state index in [-0.39, 0.29) is 34.2 Å². The van der Waals surface area contributed by atoms with Gasteiger partial charge >= 0.3 is 29.1 Å². The molecule has 298 valence electrons. The molecule has 0 radical (unpaired) electrons. The zero-order chi connectivity index (χ0) is 39.7. The van der Waals surface area contributed by atoms with Crippen molar-refractivity contribution in [3.05, 3.63) is 33.4 Å². The number of aliphatic hydroxyl groups is 4. The molecule has 0 amide bonds. The van der Waals surface area contributed by atoms with Gasteiger partial charge in [-0.25, -0.2) is 23.2 Å². The molecule has 2 aliphatic heterocycles. The topological polar surface area (TPSA) is 396 Å². The van der Waals surface area contributed by atoms with Gasteiger partial charge in [0.25, 0.3) is 17.1 Å². The number of aryl methyl sites for hydroxylation is 1. The van der Waals surface area contributed by atoms with E-state index in [9.17, 15) is 58.4 Å². The summed E-state index contributed by atoms with van der Waals surface area (Å²) in [4.78, 5) is 73.3. The minimum atomic E-state index is -6.00. The first kappa shape index (κ1) is 40.1. The van der Waals surface area contributed by atoms with Gasteiger partial charge in [0, 0.05) is 14.1 Å². The van der Waals surface area contributed by atoms with Crippen molar-refractivity contribution in [1.82, 2.24) is 34.1 Å². The molecule has 0 aliphatic carbocycles. The molecule has 6 rings (SSSR count). The molecule has 11 N–H and O–H groups in total. The first-order chi connectivity index (χ1) is 25.1. The first-order valence-corrected chi connectivity index (χ1v) is 19.7. The number of nitrogens with one attached hydrogen (secondary N) is 2. The Morgan fingerprint density at radius 3 is 2.09 bits per heavy atom. The Balaban J connectivity index is 1.05. The maximum Gasteiger partial charge on any atom is 0.490 e. The molecular formula is C23H34N10O18P3+. The van der Waals surface area contributed by atoms with Crippen LogP contribution in [0.1, 0.15) is 12.5 Å².